The first-order valence-electron chi connectivity index (χ1n) is 5.18. The molecular weight excluding hydrogens is 283 g/mol. The molecule has 0 fully saturated rings. The summed E-state index contributed by atoms with van der Waals surface area (Å²) in [5, 5.41) is 3.17. The van der Waals surface area contributed by atoms with Gasteiger partial charge in [-0.25, -0.2) is 4.39 Å². The maximum Gasteiger partial charge on any atom is 0.124 e. The number of benzene rings is 2. The van der Waals surface area contributed by atoms with Crippen LogP contribution in [0.25, 0.3) is 0 Å². The fourth-order valence-electron chi connectivity index (χ4n) is 1.57. The van der Waals surface area contributed by atoms with Gasteiger partial charge in [-0.3, -0.25) is 0 Å². The average molecular weight is 295 g/mol. The molecule has 4 heteroatoms. The zero-order valence-corrected chi connectivity index (χ0v) is 10.7. The van der Waals surface area contributed by atoms with Gasteiger partial charge in [0.25, 0.3) is 0 Å². The second-order valence-corrected chi connectivity index (χ2v) is 4.63. The van der Waals surface area contributed by atoms with Crippen LogP contribution < -0.4 is 11.1 Å². The summed E-state index contributed by atoms with van der Waals surface area (Å²) in [5.41, 5.74) is 8.20. The first-order chi connectivity index (χ1) is 8.15. The van der Waals surface area contributed by atoms with Crippen molar-refractivity contribution in [1.82, 2.24) is 0 Å². The van der Waals surface area contributed by atoms with Crippen molar-refractivity contribution < 1.29 is 4.39 Å². The first kappa shape index (κ1) is 11.9. The molecule has 0 radical (unpaired) electrons. The molecule has 0 saturated carbocycles. The van der Waals surface area contributed by atoms with Crippen LogP contribution in [0.2, 0.25) is 0 Å². The summed E-state index contributed by atoms with van der Waals surface area (Å²) in [5.74, 6) is -0.253. The minimum Gasteiger partial charge on any atom is -0.397 e. The second-order valence-electron chi connectivity index (χ2n) is 3.72. The summed E-state index contributed by atoms with van der Waals surface area (Å²) in [7, 11) is 0. The molecular formula is C13H12BrFN2. The number of anilines is 2. The van der Waals surface area contributed by atoms with E-state index in [4.69, 9.17) is 5.73 Å². The summed E-state index contributed by atoms with van der Waals surface area (Å²) >= 11 is 3.26. The molecule has 0 saturated heterocycles. The fourth-order valence-corrected chi connectivity index (χ4v) is 2.08. The Bertz CT molecular complexity index is 508. The zero-order valence-electron chi connectivity index (χ0n) is 9.08. The third-order valence-electron chi connectivity index (χ3n) is 2.37. The van der Waals surface area contributed by atoms with Crippen LogP contribution in [0, 0.1) is 5.82 Å². The van der Waals surface area contributed by atoms with Crippen LogP contribution in [0.15, 0.2) is 46.9 Å². The van der Waals surface area contributed by atoms with Gasteiger partial charge >= 0.3 is 0 Å². The van der Waals surface area contributed by atoms with Gasteiger partial charge in [-0.1, -0.05) is 28.1 Å². The molecule has 0 amide bonds. The summed E-state index contributed by atoms with van der Waals surface area (Å²) in [6, 6.07) is 12.3. The number of halogens is 2. The molecule has 0 atom stereocenters. The van der Waals surface area contributed by atoms with Crippen molar-refractivity contribution in [2.45, 2.75) is 6.54 Å². The number of para-hydroxylation sites is 2. The fraction of sp³-hybridized carbons (Fsp3) is 0.0769. The monoisotopic (exact) mass is 294 g/mol. The normalized spacial score (nSPS) is 10.2. The largest absolute Gasteiger partial charge is 0.397 e. The van der Waals surface area contributed by atoms with Gasteiger partial charge in [-0.15, -0.1) is 0 Å². The van der Waals surface area contributed by atoms with Gasteiger partial charge in [0, 0.05) is 11.0 Å². The lowest BCUT2D eigenvalue weighted by Crippen LogP contribution is -2.02. The summed E-state index contributed by atoms with van der Waals surface area (Å²) < 4.78 is 13.9. The van der Waals surface area contributed by atoms with E-state index in [0.717, 1.165) is 15.7 Å². The van der Waals surface area contributed by atoms with Crippen molar-refractivity contribution in [3.8, 4) is 0 Å². The Hall–Kier alpha value is -1.55. The number of nitrogen functional groups attached to an aromatic ring is 1. The minimum atomic E-state index is -0.253. The first-order valence-corrected chi connectivity index (χ1v) is 5.98. The van der Waals surface area contributed by atoms with Crippen LogP contribution in [-0.2, 0) is 6.54 Å². The zero-order chi connectivity index (χ0) is 12.3. The van der Waals surface area contributed by atoms with Gasteiger partial charge in [0.1, 0.15) is 5.82 Å². The molecule has 0 aliphatic heterocycles. The molecule has 3 N–H and O–H groups in total. The highest BCUT2D eigenvalue weighted by Crippen LogP contribution is 2.19. The van der Waals surface area contributed by atoms with Gasteiger partial charge in [-0.2, -0.15) is 0 Å². The van der Waals surface area contributed by atoms with E-state index in [1.165, 1.54) is 12.1 Å². The van der Waals surface area contributed by atoms with E-state index in [1.807, 2.05) is 30.3 Å². The van der Waals surface area contributed by atoms with Gasteiger partial charge in [-0.05, 0) is 35.9 Å². The molecule has 2 aromatic carbocycles. The van der Waals surface area contributed by atoms with E-state index in [1.54, 1.807) is 0 Å². The highest BCUT2D eigenvalue weighted by Gasteiger charge is 2.00. The molecule has 0 aliphatic rings. The number of rotatable bonds is 3. The van der Waals surface area contributed by atoms with Crippen LogP contribution in [0.3, 0.4) is 0 Å². The lowest BCUT2D eigenvalue weighted by atomic mass is 10.2. The average Bonchev–Trinajstić information content (AvgIpc) is 2.27. The van der Waals surface area contributed by atoms with E-state index in [0.29, 0.717) is 12.2 Å². The molecule has 88 valence electrons. The SMILES string of the molecule is Nc1ccccc1NCc1cc(F)cc(Br)c1. The van der Waals surface area contributed by atoms with Crippen LogP contribution in [-0.4, -0.2) is 0 Å². The highest BCUT2D eigenvalue weighted by molar-refractivity contribution is 9.10. The molecule has 0 bridgehead atoms. The van der Waals surface area contributed by atoms with Crippen molar-refractivity contribution in [3.63, 3.8) is 0 Å². The Kier molecular flexibility index (Phi) is 3.64. The summed E-state index contributed by atoms with van der Waals surface area (Å²) in [6.07, 6.45) is 0. The predicted molar refractivity (Wildman–Crippen MR) is 72.3 cm³/mol. The molecule has 2 nitrogen and oxygen atoms in total. The van der Waals surface area contributed by atoms with E-state index in [2.05, 4.69) is 21.2 Å². The van der Waals surface area contributed by atoms with Crippen LogP contribution in [0.5, 0.6) is 0 Å². The van der Waals surface area contributed by atoms with Crippen molar-refractivity contribution in [3.05, 3.63) is 58.3 Å². The number of nitrogens with one attached hydrogen (secondary N) is 1. The number of nitrogens with two attached hydrogens (primary N) is 1. The van der Waals surface area contributed by atoms with Crippen molar-refractivity contribution in [2.75, 3.05) is 11.1 Å². The quantitative estimate of drug-likeness (QED) is 0.846. The van der Waals surface area contributed by atoms with E-state index in [-0.39, 0.29) is 5.82 Å². The molecule has 0 aliphatic carbocycles. The molecule has 2 rings (SSSR count). The lowest BCUT2D eigenvalue weighted by Gasteiger charge is -2.09. The predicted octanol–water partition coefficient (Wildman–Crippen LogP) is 3.78. The Labute approximate surface area is 108 Å². The number of hydrogen-bond acceptors (Lipinski definition) is 2. The smallest absolute Gasteiger partial charge is 0.124 e. The van der Waals surface area contributed by atoms with Crippen LogP contribution >= 0.6 is 15.9 Å². The van der Waals surface area contributed by atoms with Gasteiger partial charge in [0.15, 0.2) is 0 Å². The molecule has 17 heavy (non-hydrogen) atoms. The molecule has 0 aromatic heterocycles. The third-order valence-corrected chi connectivity index (χ3v) is 2.82. The topological polar surface area (TPSA) is 38.0 Å². The third kappa shape index (κ3) is 3.20. The van der Waals surface area contributed by atoms with Crippen LogP contribution in [0.1, 0.15) is 5.56 Å². The Morgan fingerprint density at radius 3 is 2.65 bits per heavy atom. The lowest BCUT2D eigenvalue weighted by molar-refractivity contribution is 0.625. The maximum absolute atomic E-state index is 13.2. The van der Waals surface area contributed by atoms with E-state index in [9.17, 15) is 4.39 Å². The second kappa shape index (κ2) is 5.19. The van der Waals surface area contributed by atoms with Crippen molar-refractivity contribution >= 4 is 27.3 Å². The van der Waals surface area contributed by atoms with Gasteiger partial charge < -0.3 is 11.1 Å². The number of hydrogen-bond donors (Lipinski definition) is 2. The standard InChI is InChI=1S/C13H12BrFN2/c14-10-5-9(6-11(15)7-10)8-17-13-4-2-1-3-12(13)16/h1-7,17H,8,16H2. The minimum absolute atomic E-state index is 0.253. The summed E-state index contributed by atoms with van der Waals surface area (Å²) in [4.78, 5) is 0. The summed E-state index contributed by atoms with van der Waals surface area (Å²) in [6.45, 7) is 0.532. The maximum atomic E-state index is 13.2. The Morgan fingerprint density at radius 1 is 1.18 bits per heavy atom. The highest BCUT2D eigenvalue weighted by atomic mass is 79.9. The molecule has 0 unspecified atom stereocenters. The van der Waals surface area contributed by atoms with E-state index < -0.39 is 0 Å². The Balaban J connectivity index is 2.10. The molecule has 2 aromatic rings. The van der Waals surface area contributed by atoms with Crippen molar-refractivity contribution in [2.24, 2.45) is 0 Å². The van der Waals surface area contributed by atoms with Crippen LogP contribution in [0.4, 0.5) is 15.8 Å². The molecule has 0 heterocycles. The van der Waals surface area contributed by atoms with E-state index >= 15 is 0 Å². The van der Waals surface area contributed by atoms with Gasteiger partial charge in [0.2, 0.25) is 0 Å². The Morgan fingerprint density at radius 2 is 1.94 bits per heavy atom. The van der Waals surface area contributed by atoms with Crippen molar-refractivity contribution in [1.29, 1.82) is 0 Å². The molecule has 0 spiro atoms. The van der Waals surface area contributed by atoms with Gasteiger partial charge in [0.05, 0.1) is 11.4 Å².